The van der Waals surface area contributed by atoms with Crippen molar-refractivity contribution in [3.05, 3.63) is 40.9 Å². The number of fused-ring (bicyclic) bond motifs is 1. The summed E-state index contributed by atoms with van der Waals surface area (Å²) in [6.45, 7) is 0. The first kappa shape index (κ1) is 9.86. The zero-order valence-corrected chi connectivity index (χ0v) is 8.12. The number of hydrogen-bond donors (Lipinski definition) is 1. The topological polar surface area (TPSA) is 50.2 Å². The molecule has 0 atom stereocenters. The van der Waals surface area contributed by atoms with Gasteiger partial charge in [-0.05, 0) is 18.2 Å². The average Bonchev–Trinajstić information content (AvgIpc) is 2.19. The van der Waals surface area contributed by atoms with Crippen molar-refractivity contribution in [2.24, 2.45) is 0 Å². The summed E-state index contributed by atoms with van der Waals surface area (Å²) in [5.41, 5.74) is -0.0514. The minimum absolute atomic E-state index is 0.00981. The molecule has 0 aliphatic heterocycles. The molecule has 0 bridgehead atoms. The van der Waals surface area contributed by atoms with Crippen LogP contribution in [-0.4, -0.2) is 16.1 Å². The maximum Gasteiger partial charge on any atom is 0.336 e. The second-order valence-electron chi connectivity index (χ2n) is 2.92. The Morgan fingerprint density at radius 3 is 2.80 bits per heavy atom. The van der Waals surface area contributed by atoms with E-state index in [4.69, 9.17) is 16.7 Å². The van der Waals surface area contributed by atoms with Crippen molar-refractivity contribution >= 4 is 28.3 Å². The lowest BCUT2D eigenvalue weighted by atomic mass is 10.1. The first-order chi connectivity index (χ1) is 7.11. The van der Waals surface area contributed by atoms with E-state index in [9.17, 15) is 9.18 Å². The van der Waals surface area contributed by atoms with E-state index in [-0.39, 0.29) is 21.5 Å². The molecular formula is C10H5ClFNO2. The van der Waals surface area contributed by atoms with E-state index >= 15 is 0 Å². The number of halogens is 2. The van der Waals surface area contributed by atoms with Crippen molar-refractivity contribution in [3.8, 4) is 0 Å². The van der Waals surface area contributed by atoms with E-state index < -0.39 is 11.8 Å². The van der Waals surface area contributed by atoms with Gasteiger partial charge in [-0.15, -0.1) is 0 Å². The third-order valence-corrected chi connectivity index (χ3v) is 2.34. The van der Waals surface area contributed by atoms with Gasteiger partial charge in [0.15, 0.2) is 0 Å². The SMILES string of the molecule is O=C(O)c1ccc(F)c2ccnc(Cl)c12. The molecule has 2 rings (SSSR count). The number of rotatable bonds is 1. The van der Waals surface area contributed by atoms with Crippen molar-refractivity contribution in [1.82, 2.24) is 4.98 Å². The molecular weight excluding hydrogens is 221 g/mol. The number of carbonyl (C=O) groups is 1. The van der Waals surface area contributed by atoms with Crippen LogP contribution in [-0.2, 0) is 0 Å². The van der Waals surface area contributed by atoms with E-state index in [0.29, 0.717) is 0 Å². The Bertz CT molecular complexity index is 556. The number of carboxylic acids is 1. The molecule has 0 saturated heterocycles. The molecule has 3 nitrogen and oxygen atoms in total. The quantitative estimate of drug-likeness (QED) is 0.760. The molecule has 76 valence electrons. The third-order valence-electron chi connectivity index (χ3n) is 2.06. The van der Waals surface area contributed by atoms with Crippen molar-refractivity contribution < 1.29 is 14.3 Å². The van der Waals surface area contributed by atoms with Crippen molar-refractivity contribution in [2.45, 2.75) is 0 Å². The van der Waals surface area contributed by atoms with Gasteiger partial charge in [-0.2, -0.15) is 0 Å². The summed E-state index contributed by atoms with van der Waals surface area (Å²) in [5.74, 6) is -1.67. The van der Waals surface area contributed by atoms with Gasteiger partial charge >= 0.3 is 5.97 Å². The fourth-order valence-electron chi connectivity index (χ4n) is 1.40. The molecule has 1 aromatic heterocycles. The number of benzene rings is 1. The number of aromatic carboxylic acids is 1. The Hall–Kier alpha value is -1.68. The lowest BCUT2D eigenvalue weighted by Crippen LogP contribution is -1.99. The Morgan fingerprint density at radius 2 is 2.13 bits per heavy atom. The normalized spacial score (nSPS) is 10.5. The highest BCUT2D eigenvalue weighted by Crippen LogP contribution is 2.27. The molecule has 5 heteroatoms. The summed E-state index contributed by atoms with van der Waals surface area (Å²) in [7, 11) is 0. The van der Waals surface area contributed by atoms with Crippen LogP contribution in [0.25, 0.3) is 10.8 Å². The van der Waals surface area contributed by atoms with Gasteiger partial charge in [-0.3, -0.25) is 0 Å². The highest BCUT2D eigenvalue weighted by Gasteiger charge is 2.14. The summed E-state index contributed by atoms with van der Waals surface area (Å²) in [6.07, 6.45) is 1.33. The van der Waals surface area contributed by atoms with Crippen molar-refractivity contribution in [1.29, 1.82) is 0 Å². The van der Waals surface area contributed by atoms with Crippen LogP contribution in [0.5, 0.6) is 0 Å². The average molecular weight is 226 g/mol. The van der Waals surface area contributed by atoms with Crippen LogP contribution in [0, 0.1) is 5.82 Å². The number of carboxylic acid groups (broad SMARTS) is 1. The molecule has 0 amide bonds. The summed E-state index contributed by atoms with van der Waals surface area (Å²) in [4.78, 5) is 14.6. The lowest BCUT2D eigenvalue weighted by molar-refractivity contribution is 0.0699. The number of pyridine rings is 1. The van der Waals surface area contributed by atoms with E-state index in [1.807, 2.05) is 0 Å². The minimum Gasteiger partial charge on any atom is -0.478 e. The Kier molecular flexibility index (Phi) is 2.28. The van der Waals surface area contributed by atoms with Crippen LogP contribution in [0.3, 0.4) is 0 Å². The zero-order valence-electron chi connectivity index (χ0n) is 7.37. The standard InChI is InChI=1S/C10H5ClFNO2/c11-9-8-5(3-4-13-9)7(12)2-1-6(8)10(14)15/h1-4H,(H,14,15). The summed E-state index contributed by atoms with van der Waals surface area (Å²) < 4.78 is 13.3. The van der Waals surface area contributed by atoms with Crippen LogP contribution in [0.15, 0.2) is 24.4 Å². The smallest absolute Gasteiger partial charge is 0.336 e. The zero-order chi connectivity index (χ0) is 11.0. The van der Waals surface area contributed by atoms with Gasteiger partial charge in [-0.25, -0.2) is 14.2 Å². The van der Waals surface area contributed by atoms with E-state index in [1.54, 1.807) is 0 Å². The largest absolute Gasteiger partial charge is 0.478 e. The van der Waals surface area contributed by atoms with Gasteiger partial charge in [0.25, 0.3) is 0 Å². The number of nitrogens with zero attached hydrogens (tertiary/aromatic N) is 1. The second-order valence-corrected chi connectivity index (χ2v) is 3.28. The number of hydrogen-bond acceptors (Lipinski definition) is 2. The van der Waals surface area contributed by atoms with Crippen molar-refractivity contribution in [3.63, 3.8) is 0 Å². The van der Waals surface area contributed by atoms with Crippen LogP contribution in [0.1, 0.15) is 10.4 Å². The molecule has 0 spiro atoms. The highest BCUT2D eigenvalue weighted by atomic mass is 35.5. The second kappa shape index (κ2) is 3.47. The van der Waals surface area contributed by atoms with E-state index in [0.717, 1.165) is 6.07 Å². The van der Waals surface area contributed by atoms with Gasteiger partial charge in [-0.1, -0.05) is 11.6 Å². The van der Waals surface area contributed by atoms with Gasteiger partial charge in [0, 0.05) is 17.0 Å². The number of aromatic nitrogens is 1. The van der Waals surface area contributed by atoms with Gasteiger partial charge in [0.1, 0.15) is 11.0 Å². The van der Waals surface area contributed by atoms with Gasteiger partial charge < -0.3 is 5.11 Å². The van der Waals surface area contributed by atoms with Gasteiger partial charge in [0.05, 0.1) is 5.56 Å². The van der Waals surface area contributed by atoms with Crippen LogP contribution in [0.2, 0.25) is 5.15 Å². The molecule has 1 heterocycles. The van der Waals surface area contributed by atoms with E-state index in [2.05, 4.69) is 4.98 Å². The molecule has 0 radical (unpaired) electrons. The monoisotopic (exact) mass is 225 g/mol. The fourth-order valence-corrected chi connectivity index (χ4v) is 1.66. The molecule has 0 fully saturated rings. The summed E-state index contributed by atoms with van der Waals surface area (Å²) >= 11 is 5.74. The highest BCUT2D eigenvalue weighted by molar-refractivity contribution is 6.35. The van der Waals surface area contributed by atoms with Crippen LogP contribution in [0.4, 0.5) is 4.39 Å². The Labute approximate surface area is 89.1 Å². The maximum atomic E-state index is 13.3. The lowest BCUT2D eigenvalue weighted by Gasteiger charge is -2.04. The first-order valence-electron chi connectivity index (χ1n) is 4.07. The molecule has 15 heavy (non-hydrogen) atoms. The predicted molar refractivity (Wildman–Crippen MR) is 53.7 cm³/mol. The maximum absolute atomic E-state index is 13.3. The molecule has 1 aromatic carbocycles. The van der Waals surface area contributed by atoms with Gasteiger partial charge in [0.2, 0.25) is 0 Å². The fraction of sp³-hybridized carbons (Fsp3) is 0. The molecule has 1 N–H and O–H groups in total. The molecule has 0 unspecified atom stereocenters. The third kappa shape index (κ3) is 1.53. The molecule has 0 aliphatic rings. The van der Waals surface area contributed by atoms with Crippen molar-refractivity contribution in [2.75, 3.05) is 0 Å². The predicted octanol–water partition coefficient (Wildman–Crippen LogP) is 2.73. The molecule has 2 aromatic rings. The van der Waals surface area contributed by atoms with Crippen LogP contribution >= 0.6 is 11.6 Å². The minimum atomic E-state index is -1.16. The molecule has 0 aliphatic carbocycles. The van der Waals surface area contributed by atoms with Crippen LogP contribution < -0.4 is 0 Å². The summed E-state index contributed by atoms with van der Waals surface area (Å²) in [5, 5.41) is 9.17. The summed E-state index contributed by atoms with van der Waals surface area (Å²) in [6, 6.07) is 3.67. The molecule has 0 saturated carbocycles. The van der Waals surface area contributed by atoms with E-state index in [1.165, 1.54) is 18.3 Å². The Balaban J connectivity index is 2.96. The first-order valence-corrected chi connectivity index (χ1v) is 4.45. The Morgan fingerprint density at radius 1 is 1.40 bits per heavy atom.